The number of nitrogens with one attached hydrogen (secondary N) is 1. The Morgan fingerprint density at radius 2 is 1.78 bits per heavy atom. The Balaban J connectivity index is 1.69. The Bertz CT molecular complexity index is 941. The summed E-state index contributed by atoms with van der Waals surface area (Å²) >= 11 is 12.2. The third kappa shape index (κ3) is 6.71. The third-order valence-electron chi connectivity index (χ3n) is 4.88. The van der Waals surface area contributed by atoms with Crippen molar-refractivity contribution in [3.05, 3.63) is 52.4 Å². The van der Waals surface area contributed by atoms with E-state index in [0.717, 1.165) is 5.56 Å². The van der Waals surface area contributed by atoms with E-state index in [1.54, 1.807) is 44.0 Å². The van der Waals surface area contributed by atoms with Crippen LogP contribution in [0.1, 0.15) is 26.3 Å². The van der Waals surface area contributed by atoms with Crippen LogP contribution in [0.3, 0.4) is 0 Å². The lowest BCUT2D eigenvalue weighted by Gasteiger charge is -2.37. The molecular formula is C22H27Cl2N5O3. The Morgan fingerprint density at radius 1 is 1.12 bits per heavy atom. The molecule has 1 aromatic heterocycles. The zero-order valence-electron chi connectivity index (χ0n) is 18.3. The molecule has 1 N–H and O–H groups in total. The number of anilines is 1. The summed E-state index contributed by atoms with van der Waals surface area (Å²) in [5.41, 5.74) is 0.218. The number of aromatic nitrogens is 2. The van der Waals surface area contributed by atoms with Crippen molar-refractivity contribution in [1.82, 2.24) is 20.2 Å². The van der Waals surface area contributed by atoms with Gasteiger partial charge in [-0.25, -0.2) is 14.8 Å². The van der Waals surface area contributed by atoms with Gasteiger partial charge in [-0.05, 0) is 38.5 Å². The SMILES string of the molecule is CC(C)(C)OC(=O)NC(Cc1ccc(Cl)cc1)C(=O)N1CCN(c2ncncc2Cl)CC1. The van der Waals surface area contributed by atoms with Gasteiger partial charge in [0.15, 0.2) is 5.82 Å². The van der Waals surface area contributed by atoms with Gasteiger partial charge in [-0.2, -0.15) is 0 Å². The summed E-state index contributed by atoms with van der Waals surface area (Å²) in [6.07, 6.45) is 2.70. The maximum Gasteiger partial charge on any atom is 0.408 e. The number of benzene rings is 1. The average molecular weight is 480 g/mol. The van der Waals surface area contributed by atoms with E-state index in [0.29, 0.717) is 48.5 Å². The van der Waals surface area contributed by atoms with Gasteiger partial charge in [-0.3, -0.25) is 4.79 Å². The maximum atomic E-state index is 13.3. The summed E-state index contributed by atoms with van der Waals surface area (Å²) in [6, 6.07) is 6.44. The highest BCUT2D eigenvalue weighted by atomic mass is 35.5. The molecule has 8 nitrogen and oxygen atoms in total. The van der Waals surface area contributed by atoms with Crippen LogP contribution in [-0.4, -0.2) is 64.7 Å². The van der Waals surface area contributed by atoms with E-state index < -0.39 is 17.7 Å². The fourth-order valence-corrected chi connectivity index (χ4v) is 3.75. The first-order chi connectivity index (χ1) is 15.1. The second-order valence-corrected chi connectivity index (χ2v) is 9.38. The number of carbonyl (C=O) groups excluding carboxylic acids is 2. The molecule has 1 unspecified atom stereocenters. The molecule has 1 saturated heterocycles. The number of ether oxygens (including phenoxy) is 1. The molecule has 0 saturated carbocycles. The number of hydrogen-bond donors (Lipinski definition) is 1. The molecule has 2 heterocycles. The van der Waals surface area contributed by atoms with Gasteiger partial charge in [0, 0.05) is 37.6 Å². The van der Waals surface area contributed by atoms with Gasteiger partial charge in [0.05, 0.1) is 6.20 Å². The number of amides is 2. The Hall–Kier alpha value is -2.58. The smallest absolute Gasteiger partial charge is 0.408 e. The minimum Gasteiger partial charge on any atom is -0.444 e. The van der Waals surface area contributed by atoms with E-state index in [9.17, 15) is 9.59 Å². The molecule has 0 bridgehead atoms. The van der Waals surface area contributed by atoms with Crippen LogP contribution in [0.15, 0.2) is 36.8 Å². The van der Waals surface area contributed by atoms with Gasteiger partial charge in [-0.15, -0.1) is 0 Å². The van der Waals surface area contributed by atoms with E-state index in [1.807, 2.05) is 17.0 Å². The van der Waals surface area contributed by atoms with Crippen LogP contribution in [0.25, 0.3) is 0 Å². The predicted octanol–water partition coefficient (Wildman–Crippen LogP) is 3.57. The van der Waals surface area contributed by atoms with Crippen molar-refractivity contribution in [1.29, 1.82) is 0 Å². The molecule has 1 aromatic carbocycles. The summed E-state index contributed by atoms with van der Waals surface area (Å²) in [6.45, 7) is 7.43. The highest BCUT2D eigenvalue weighted by Crippen LogP contribution is 2.23. The largest absolute Gasteiger partial charge is 0.444 e. The summed E-state index contributed by atoms with van der Waals surface area (Å²) < 4.78 is 5.37. The molecule has 2 amide bonds. The molecule has 1 fully saturated rings. The van der Waals surface area contributed by atoms with E-state index in [2.05, 4.69) is 15.3 Å². The van der Waals surface area contributed by atoms with E-state index in [-0.39, 0.29) is 5.91 Å². The number of carbonyl (C=O) groups is 2. The van der Waals surface area contributed by atoms with Crippen LogP contribution in [0.5, 0.6) is 0 Å². The number of alkyl carbamates (subject to hydrolysis) is 1. The normalized spacial score (nSPS) is 15.3. The van der Waals surface area contributed by atoms with Crippen molar-refractivity contribution < 1.29 is 14.3 Å². The first kappa shape index (κ1) is 24.1. The van der Waals surface area contributed by atoms with Crippen LogP contribution >= 0.6 is 23.2 Å². The van der Waals surface area contributed by atoms with Crippen molar-refractivity contribution in [2.24, 2.45) is 0 Å². The topological polar surface area (TPSA) is 87.7 Å². The summed E-state index contributed by atoms with van der Waals surface area (Å²) in [4.78, 5) is 37.7. The zero-order chi connectivity index (χ0) is 23.3. The van der Waals surface area contributed by atoms with Crippen LogP contribution in [0.4, 0.5) is 10.6 Å². The van der Waals surface area contributed by atoms with Gasteiger partial charge >= 0.3 is 6.09 Å². The van der Waals surface area contributed by atoms with Crippen molar-refractivity contribution in [2.75, 3.05) is 31.1 Å². The van der Waals surface area contributed by atoms with Gasteiger partial charge in [0.25, 0.3) is 0 Å². The lowest BCUT2D eigenvalue weighted by Crippen LogP contribution is -2.56. The van der Waals surface area contributed by atoms with Gasteiger partial charge in [-0.1, -0.05) is 35.3 Å². The Kier molecular flexibility index (Phi) is 7.79. The van der Waals surface area contributed by atoms with Crippen molar-refractivity contribution >= 4 is 41.0 Å². The molecule has 0 spiro atoms. The summed E-state index contributed by atoms with van der Waals surface area (Å²) in [7, 11) is 0. The van der Waals surface area contributed by atoms with E-state index in [1.165, 1.54) is 6.33 Å². The van der Waals surface area contributed by atoms with Gasteiger partial charge < -0.3 is 19.9 Å². The molecule has 0 radical (unpaired) electrons. The van der Waals surface area contributed by atoms with E-state index in [4.69, 9.17) is 27.9 Å². The van der Waals surface area contributed by atoms with Crippen LogP contribution in [0.2, 0.25) is 10.0 Å². The zero-order valence-corrected chi connectivity index (χ0v) is 19.9. The fraction of sp³-hybridized carbons (Fsp3) is 0.455. The summed E-state index contributed by atoms with van der Waals surface area (Å²) in [5, 5.41) is 3.82. The number of nitrogens with zero attached hydrogens (tertiary/aromatic N) is 4. The Morgan fingerprint density at radius 3 is 2.38 bits per heavy atom. The first-order valence-corrected chi connectivity index (χ1v) is 11.1. The highest BCUT2D eigenvalue weighted by molar-refractivity contribution is 6.32. The van der Waals surface area contributed by atoms with Crippen molar-refractivity contribution in [3.8, 4) is 0 Å². The lowest BCUT2D eigenvalue weighted by molar-refractivity contribution is -0.133. The lowest BCUT2D eigenvalue weighted by atomic mass is 10.0. The second kappa shape index (κ2) is 10.4. The molecule has 2 aromatic rings. The van der Waals surface area contributed by atoms with Crippen molar-refractivity contribution in [3.63, 3.8) is 0 Å². The average Bonchev–Trinajstić information content (AvgIpc) is 2.73. The molecule has 1 atom stereocenters. The predicted molar refractivity (Wildman–Crippen MR) is 124 cm³/mol. The molecule has 0 aliphatic carbocycles. The standard InChI is InChI=1S/C22H27Cl2N5O3/c1-22(2,3)32-21(31)27-18(12-15-4-6-16(23)7-5-15)20(30)29-10-8-28(9-11-29)19-17(24)13-25-14-26-19/h4-7,13-14,18H,8-12H2,1-3H3,(H,27,31). The molecule has 172 valence electrons. The first-order valence-electron chi connectivity index (χ1n) is 10.4. The molecule has 10 heteroatoms. The quantitative estimate of drug-likeness (QED) is 0.704. The second-order valence-electron chi connectivity index (χ2n) is 8.54. The molecular weight excluding hydrogens is 453 g/mol. The number of hydrogen-bond acceptors (Lipinski definition) is 6. The molecule has 3 rings (SSSR count). The number of rotatable bonds is 5. The van der Waals surface area contributed by atoms with Gasteiger partial charge in [0.1, 0.15) is 23.0 Å². The molecule has 1 aliphatic heterocycles. The molecule has 32 heavy (non-hydrogen) atoms. The fourth-order valence-electron chi connectivity index (χ4n) is 3.40. The Labute approximate surface area is 197 Å². The number of piperazine rings is 1. The van der Waals surface area contributed by atoms with Crippen LogP contribution in [0, 0.1) is 0 Å². The van der Waals surface area contributed by atoms with E-state index >= 15 is 0 Å². The monoisotopic (exact) mass is 479 g/mol. The minimum absolute atomic E-state index is 0.167. The van der Waals surface area contributed by atoms with Crippen LogP contribution in [-0.2, 0) is 16.0 Å². The minimum atomic E-state index is -0.764. The highest BCUT2D eigenvalue weighted by Gasteiger charge is 2.31. The third-order valence-corrected chi connectivity index (χ3v) is 5.40. The summed E-state index contributed by atoms with van der Waals surface area (Å²) in [5.74, 6) is 0.484. The molecule has 1 aliphatic rings. The maximum absolute atomic E-state index is 13.3. The number of halogens is 2. The van der Waals surface area contributed by atoms with Crippen molar-refractivity contribution in [2.45, 2.75) is 38.8 Å². The van der Waals surface area contributed by atoms with Crippen LogP contribution < -0.4 is 10.2 Å². The van der Waals surface area contributed by atoms with Gasteiger partial charge in [0.2, 0.25) is 5.91 Å².